The van der Waals surface area contributed by atoms with Crippen LogP contribution in [0.15, 0.2) is 48.5 Å². The van der Waals surface area contributed by atoms with Crippen molar-refractivity contribution < 1.29 is 19.1 Å². The second-order valence-electron chi connectivity index (χ2n) is 5.98. The van der Waals surface area contributed by atoms with Crippen molar-refractivity contribution in [3.05, 3.63) is 65.2 Å². The third-order valence-corrected chi connectivity index (χ3v) is 4.30. The van der Waals surface area contributed by atoms with Gasteiger partial charge in [-0.05, 0) is 24.3 Å². The van der Waals surface area contributed by atoms with E-state index in [-0.39, 0.29) is 11.8 Å². The van der Waals surface area contributed by atoms with E-state index < -0.39 is 0 Å². The molecule has 2 amide bonds. The highest BCUT2D eigenvalue weighted by Crippen LogP contribution is 2.17. The Morgan fingerprint density at radius 2 is 1.81 bits per heavy atom. The number of ether oxygens (including phenoxy) is 2. The first kappa shape index (κ1) is 17.9. The van der Waals surface area contributed by atoms with Crippen molar-refractivity contribution in [2.75, 3.05) is 33.4 Å². The van der Waals surface area contributed by atoms with Crippen LogP contribution in [0.2, 0.25) is 0 Å². The molecule has 1 fully saturated rings. The van der Waals surface area contributed by atoms with Crippen molar-refractivity contribution in [3.63, 3.8) is 0 Å². The summed E-state index contributed by atoms with van der Waals surface area (Å²) < 4.78 is 10.6. The Kier molecular flexibility index (Phi) is 5.86. The third kappa shape index (κ3) is 4.21. The quantitative estimate of drug-likeness (QED) is 0.893. The molecule has 6 nitrogen and oxygen atoms in total. The molecule has 0 spiro atoms. The van der Waals surface area contributed by atoms with E-state index in [1.54, 1.807) is 36.3 Å². The van der Waals surface area contributed by atoms with Crippen LogP contribution < -0.4 is 10.1 Å². The Labute approximate surface area is 152 Å². The number of morpholine rings is 1. The molecule has 0 bridgehead atoms. The standard InChI is InChI=1S/C20H22N2O4/c1-25-18-8-3-2-5-17(18)14-21-19(23)15-6-4-7-16(13-15)20(24)22-9-11-26-12-10-22/h2-8,13H,9-12,14H2,1H3,(H,21,23). The van der Waals surface area contributed by atoms with E-state index in [0.29, 0.717) is 44.0 Å². The zero-order valence-electron chi connectivity index (χ0n) is 14.7. The molecular weight excluding hydrogens is 332 g/mol. The van der Waals surface area contributed by atoms with Crippen LogP contribution in [0.25, 0.3) is 0 Å². The number of rotatable bonds is 5. The summed E-state index contributed by atoms with van der Waals surface area (Å²) in [4.78, 5) is 26.8. The molecular formula is C20H22N2O4. The molecule has 1 aliphatic heterocycles. The Balaban J connectivity index is 1.67. The topological polar surface area (TPSA) is 67.9 Å². The van der Waals surface area contributed by atoms with E-state index >= 15 is 0 Å². The fraction of sp³-hybridized carbons (Fsp3) is 0.300. The summed E-state index contributed by atoms with van der Waals surface area (Å²) in [6.45, 7) is 2.59. The van der Waals surface area contributed by atoms with Crippen LogP contribution in [0.1, 0.15) is 26.3 Å². The van der Waals surface area contributed by atoms with E-state index in [4.69, 9.17) is 9.47 Å². The molecule has 1 N–H and O–H groups in total. The van der Waals surface area contributed by atoms with Gasteiger partial charge in [0.25, 0.3) is 11.8 Å². The molecule has 1 heterocycles. The maximum Gasteiger partial charge on any atom is 0.254 e. The van der Waals surface area contributed by atoms with E-state index in [9.17, 15) is 9.59 Å². The molecule has 0 aliphatic carbocycles. The molecule has 0 aromatic heterocycles. The number of nitrogens with one attached hydrogen (secondary N) is 1. The molecule has 1 saturated heterocycles. The monoisotopic (exact) mass is 354 g/mol. The number of para-hydroxylation sites is 1. The van der Waals surface area contributed by atoms with Crippen molar-refractivity contribution >= 4 is 11.8 Å². The highest BCUT2D eigenvalue weighted by atomic mass is 16.5. The summed E-state index contributed by atoms with van der Waals surface area (Å²) in [5.41, 5.74) is 1.86. The lowest BCUT2D eigenvalue weighted by Crippen LogP contribution is -2.40. The van der Waals surface area contributed by atoms with Gasteiger partial charge in [-0.15, -0.1) is 0 Å². The number of amides is 2. The first-order valence-electron chi connectivity index (χ1n) is 8.56. The number of benzene rings is 2. The molecule has 136 valence electrons. The molecule has 2 aromatic carbocycles. The minimum absolute atomic E-state index is 0.0762. The van der Waals surface area contributed by atoms with E-state index in [2.05, 4.69) is 5.32 Å². The Hall–Kier alpha value is -2.86. The molecule has 1 aliphatic rings. The summed E-state index contributed by atoms with van der Waals surface area (Å²) in [5.74, 6) is 0.421. The maximum absolute atomic E-state index is 12.6. The molecule has 3 rings (SSSR count). The minimum atomic E-state index is -0.229. The van der Waals surface area contributed by atoms with E-state index in [0.717, 1.165) is 11.3 Å². The average molecular weight is 354 g/mol. The number of hydrogen-bond donors (Lipinski definition) is 1. The van der Waals surface area contributed by atoms with Gasteiger partial charge < -0.3 is 19.7 Å². The maximum atomic E-state index is 12.6. The molecule has 0 unspecified atom stereocenters. The van der Waals surface area contributed by atoms with Gasteiger partial charge in [0.15, 0.2) is 0 Å². The third-order valence-electron chi connectivity index (χ3n) is 4.30. The molecule has 2 aromatic rings. The van der Waals surface area contributed by atoms with Crippen LogP contribution in [-0.4, -0.2) is 50.1 Å². The van der Waals surface area contributed by atoms with Gasteiger partial charge in [0.05, 0.1) is 20.3 Å². The fourth-order valence-corrected chi connectivity index (χ4v) is 2.87. The first-order valence-corrected chi connectivity index (χ1v) is 8.56. The largest absolute Gasteiger partial charge is 0.496 e. The molecule has 0 radical (unpaired) electrons. The lowest BCUT2D eigenvalue weighted by atomic mass is 10.1. The Bertz CT molecular complexity index is 785. The second kappa shape index (κ2) is 8.49. The SMILES string of the molecule is COc1ccccc1CNC(=O)c1cccc(C(=O)N2CCOCC2)c1. The van der Waals surface area contributed by atoms with Gasteiger partial charge in [0.2, 0.25) is 0 Å². The van der Waals surface area contributed by atoms with Crippen LogP contribution in [-0.2, 0) is 11.3 Å². The lowest BCUT2D eigenvalue weighted by molar-refractivity contribution is 0.0303. The summed E-state index contributed by atoms with van der Waals surface area (Å²) in [6.07, 6.45) is 0. The van der Waals surface area contributed by atoms with Gasteiger partial charge in [-0.25, -0.2) is 0 Å². The fourth-order valence-electron chi connectivity index (χ4n) is 2.87. The van der Waals surface area contributed by atoms with Crippen LogP contribution in [0.3, 0.4) is 0 Å². The minimum Gasteiger partial charge on any atom is -0.496 e. The van der Waals surface area contributed by atoms with Crippen molar-refractivity contribution in [1.29, 1.82) is 0 Å². The molecule has 26 heavy (non-hydrogen) atoms. The lowest BCUT2D eigenvalue weighted by Gasteiger charge is -2.27. The van der Waals surface area contributed by atoms with Gasteiger partial charge >= 0.3 is 0 Å². The van der Waals surface area contributed by atoms with E-state index in [1.807, 2.05) is 24.3 Å². The van der Waals surface area contributed by atoms with Gasteiger partial charge in [-0.2, -0.15) is 0 Å². The second-order valence-corrected chi connectivity index (χ2v) is 5.98. The van der Waals surface area contributed by atoms with Crippen molar-refractivity contribution in [1.82, 2.24) is 10.2 Å². The number of carbonyl (C=O) groups is 2. The summed E-state index contributed by atoms with van der Waals surface area (Å²) in [5, 5.41) is 2.87. The number of carbonyl (C=O) groups excluding carboxylic acids is 2. The Morgan fingerprint density at radius 3 is 2.58 bits per heavy atom. The van der Waals surface area contributed by atoms with Crippen LogP contribution in [0.5, 0.6) is 5.75 Å². The smallest absolute Gasteiger partial charge is 0.254 e. The average Bonchev–Trinajstić information content (AvgIpc) is 2.72. The van der Waals surface area contributed by atoms with Crippen molar-refractivity contribution in [3.8, 4) is 5.75 Å². The van der Waals surface area contributed by atoms with E-state index in [1.165, 1.54) is 0 Å². The zero-order chi connectivity index (χ0) is 18.4. The predicted octanol–water partition coefficient (Wildman–Crippen LogP) is 2.10. The predicted molar refractivity (Wildman–Crippen MR) is 97.3 cm³/mol. The summed E-state index contributed by atoms with van der Waals surface area (Å²) >= 11 is 0. The first-order chi connectivity index (χ1) is 12.7. The van der Waals surface area contributed by atoms with Gasteiger partial charge in [-0.1, -0.05) is 24.3 Å². The highest BCUT2D eigenvalue weighted by Gasteiger charge is 2.19. The van der Waals surface area contributed by atoms with Gasteiger partial charge in [0.1, 0.15) is 5.75 Å². The highest BCUT2D eigenvalue weighted by molar-refractivity contribution is 5.99. The van der Waals surface area contributed by atoms with Gasteiger partial charge in [0, 0.05) is 36.3 Å². The number of hydrogen-bond acceptors (Lipinski definition) is 4. The summed E-state index contributed by atoms with van der Waals surface area (Å²) in [6, 6.07) is 14.3. The molecule has 6 heteroatoms. The van der Waals surface area contributed by atoms with Crippen LogP contribution in [0.4, 0.5) is 0 Å². The molecule has 0 atom stereocenters. The Morgan fingerprint density at radius 1 is 1.08 bits per heavy atom. The van der Waals surface area contributed by atoms with Crippen molar-refractivity contribution in [2.45, 2.75) is 6.54 Å². The van der Waals surface area contributed by atoms with Gasteiger partial charge in [-0.3, -0.25) is 9.59 Å². The van der Waals surface area contributed by atoms with Crippen LogP contribution in [0, 0.1) is 0 Å². The normalized spacial score (nSPS) is 14.0. The zero-order valence-corrected chi connectivity index (χ0v) is 14.7. The van der Waals surface area contributed by atoms with Crippen LogP contribution >= 0.6 is 0 Å². The number of methoxy groups -OCH3 is 1. The summed E-state index contributed by atoms with van der Waals surface area (Å²) in [7, 11) is 1.60. The van der Waals surface area contributed by atoms with Crippen molar-refractivity contribution in [2.24, 2.45) is 0 Å². The molecule has 0 saturated carbocycles. The number of nitrogens with zero attached hydrogens (tertiary/aromatic N) is 1.